The number of nitrogens with zero attached hydrogens (tertiary/aromatic N) is 2. The van der Waals surface area contributed by atoms with Crippen LogP contribution < -0.4 is 25.7 Å². The molecular formula is C30H35ClN4O3. The molecule has 4 aromatic rings. The van der Waals surface area contributed by atoms with Gasteiger partial charge in [0.1, 0.15) is 0 Å². The molecule has 200 valence electrons. The first-order chi connectivity index (χ1) is 18.5. The van der Waals surface area contributed by atoms with E-state index in [9.17, 15) is 4.79 Å². The van der Waals surface area contributed by atoms with Gasteiger partial charge in [0.2, 0.25) is 0 Å². The average Bonchev–Trinajstić information content (AvgIpc) is 2.93. The van der Waals surface area contributed by atoms with Gasteiger partial charge in [-0.3, -0.25) is 9.78 Å². The highest BCUT2D eigenvalue weighted by Crippen LogP contribution is 2.34. The fourth-order valence-corrected chi connectivity index (χ4v) is 5.32. The Morgan fingerprint density at radius 1 is 1.00 bits per heavy atom. The van der Waals surface area contributed by atoms with Crippen LogP contribution in [-0.4, -0.2) is 42.9 Å². The molecule has 0 atom stereocenters. The fourth-order valence-electron chi connectivity index (χ4n) is 5.15. The van der Waals surface area contributed by atoms with Gasteiger partial charge < -0.3 is 24.7 Å². The summed E-state index contributed by atoms with van der Waals surface area (Å²) in [5.74, 6) is 1.24. The number of rotatable bonds is 11. The van der Waals surface area contributed by atoms with Gasteiger partial charge in [-0.2, -0.15) is 0 Å². The van der Waals surface area contributed by atoms with Crippen LogP contribution in [0.3, 0.4) is 0 Å². The molecule has 2 aromatic heterocycles. The van der Waals surface area contributed by atoms with Gasteiger partial charge in [0, 0.05) is 41.6 Å². The third kappa shape index (κ3) is 5.74. The third-order valence-corrected chi connectivity index (χ3v) is 7.41. The van der Waals surface area contributed by atoms with Gasteiger partial charge in [0.15, 0.2) is 11.5 Å². The summed E-state index contributed by atoms with van der Waals surface area (Å²) in [6.45, 7) is 3.20. The first-order valence-electron chi connectivity index (χ1n) is 13.4. The maximum absolute atomic E-state index is 12.5. The van der Waals surface area contributed by atoms with E-state index in [1.807, 2.05) is 24.3 Å². The van der Waals surface area contributed by atoms with Crippen molar-refractivity contribution in [1.82, 2.24) is 14.9 Å². The van der Waals surface area contributed by atoms with E-state index in [4.69, 9.17) is 26.1 Å². The topological polar surface area (TPSA) is 77.4 Å². The second kappa shape index (κ2) is 12.0. The van der Waals surface area contributed by atoms with Crippen molar-refractivity contribution in [3.63, 3.8) is 0 Å². The van der Waals surface area contributed by atoms with Crippen LogP contribution in [0.1, 0.15) is 36.9 Å². The first kappa shape index (κ1) is 26.3. The Bertz CT molecular complexity index is 1500. The zero-order valence-corrected chi connectivity index (χ0v) is 22.9. The largest absolute Gasteiger partial charge is 0.493 e. The fraction of sp³-hybridized carbons (Fsp3) is 0.400. The number of halogens is 1. The molecule has 2 aromatic carbocycles. The summed E-state index contributed by atoms with van der Waals surface area (Å²) >= 11 is 6.24. The van der Waals surface area contributed by atoms with Crippen LogP contribution >= 0.6 is 11.6 Å². The van der Waals surface area contributed by atoms with Crippen LogP contribution in [0.15, 0.2) is 47.4 Å². The Morgan fingerprint density at radius 2 is 1.84 bits per heavy atom. The number of hydrogen-bond acceptors (Lipinski definition) is 6. The zero-order valence-electron chi connectivity index (χ0n) is 22.1. The summed E-state index contributed by atoms with van der Waals surface area (Å²) in [7, 11) is 3.36. The Morgan fingerprint density at radius 3 is 2.71 bits per heavy atom. The summed E-state index contributed by atoms with van der Waals surface area (Å²) in [5, 5.41) is 10.6. The summed E-state index contributed by atoms with van der Waals surface area (Å²) < 4.78 is 13.0. The average molecular weight is 535 g/mol. The minimum atomic E-state index is -0.0469. The normalized spacial score (nSPS) is 13.0. The Balaban J connectivity index is 1.09. The van der Waals surface area contributed by atoms with Crippen molar-refractivity contribution >= 4 is 39.0 Å². The van der Waals surface area contributed by atoms with E-state index in [1.54, 1.807) is 31.0 Å². The summed E-state index contributed by atoms with van der Waals surface area (Å²) in [6.07, 6.45) is 8.16. The van der Waals surface area contributed by atoms with Crippen LogP contribution in [0.5, 0.6) is 11.5 Å². The number of methoxy groups -OCH3 is 1. The van der Waals surface area contributed by atoms with Crippen LogP contribution in [0.2, 0.25) is 5.02 Å². The first-order valence-corrected chi connectivity index (χ1v) is 13.8. The van der Waals surface area contributed by atoms with E-state index in [0.29, 0.717) is 23.5 Å². The van der Waals surface area contributed by atoms with Crippen LogP contribution in [0.25, 0.3) is 21.7 Å². The van der Waals surface area contributed by atoms with E-state index in [1.165, 1.54) is 29.8 Å². The lowest BCUT2D eigenvalue weighted by Crippen LogP contribution is -2.21. The number of pyridine rings is 2. The van der Waals surface area contributed by atoms with Gasteiger partial charge in [0.05, 0.1) is 24.6 Å². The molecule has 0 radical (unpaired) electrons. The number of aryl methyl sites for hydroxylation is 2. The lowest BCUT2D eigenvalue weighted by atomic mass is 9.92. The molecule has 8 heteroatoms. The number of ether oxygens (including phenoxy) is 2. The number of aromatic nitrogens is 2. The molecule has 0 amide bonds. The molecule has 5 rings (SSSR count). The van der Waals surface area contributed by atoms with Gasteiger partial charge in [-0.25, -0.2) is 0 Å². The summed E-state index contributed by atoms with van der Waals surface area (Å²) in [5.41, 5.74) is 4.75. The molecule has 0 aliphatic heterocycles. The standard InChI is InChI=1S/C30H35ClN4O3/c1-35-15-11-20-17-27(37-2)28(19-24(20)30(35)36)38-16-6-13-32-12-5-14-33-29-22-7-3-4-8-25(22)34-26-18-21(31)9-10-23(26)29/h9-11,15,17-19,32H,3-8,12-14,16H2,1-2H3,(H,33,34). The molecule has 38 heavy (non-hydrogen) atoms. The number of hydrogen-bond donors (Lipinski definition) is 2. The summed E-state index contributed by atoms with van der Waals surface area (Å²) in [4.78, 5) is 17.4. The minimum absolute atomic E-state index is 0.0469. The lowest BCUT2D eigenvalue weighted by molar-refractivity contribution is 0.288. The van der Waals surface area contributed by atoms with Gasteiger partial charge in [0.25, 0.3) is 5.56 Å². The Labute approximate surface area is 228 Å². The van der Waals surface area contributed by atoms with Crippen molar-refractivity contribution in [2.24, 2.45) is 7.05 Å². The maximum Gasteiger partial charge on any atom is 0.258 e. The zero-order chi connectivity index (χ0) is 26.5. The monoisotopic (exact) mass is 534 g/mol. The van der Waals surface area contributed by atoms with Crippen molar-refractivity contribution in [2.75, 3.05) is 38.7 Å². The van der Waals surface area contributed by atoms with Crippen molar-refractivity contribution in [2.45, 2.75) is 38.5 Å². The molecule has 7 nitrogen and oxygen atoms in total. The van der Waals surface area contributed by atoms with Gasteiger partial charge >= 0.3 is 0 Å². The SMILES string of the molecule is COc1cc2ccn(C)c(=O)c2cc1OCCCNCCCNc1c2c(nc3cc(Cl)ccc13)CCCC2. The van der Waals surface area contributed by atoms with E-state index in [-0.39, 0.29) is 5.56 Å². The van der Waals surface area contributed by atoms with Crippen molar-refractivity contribution in [1.29, 1.82) is 0 Å². The second-order valence-corrected chi connectivity index (χ2v) is 10.3. The third-order valence-electron chi connectivity index (χ3n) is 7.18. The highest BCUT2D eigenvalue weighted by molar-refractivity contribution is 6.31. The van der Waals surface area contributed by atoms with E-state index >= 15 is 0 Å². The van der Waals surface area contributed by atoms with Crippen LogP contribution in [-0.2, 0) is 19.9 Å². The molecular weight excluding hydrogens is 500 g/mol. The lowest BCUT2D eigenvalue weighted by Gasteiger charge is -2.22. The van der Waals surface area contributed by atoms with Crippen LogP contribution in [0, 0.1) is 0 Å². The van der Waals surface area contributed by atoms with E-state index < -0.39 is 0 Å². The molecule has 0 saturated carbocycles. The van der Waals surface area contributed by atoms with E-state index in [0.717, 1.165) is 66.6 Å². The quantitative estimate of drug-likeness (QED) is 0.248. The smallest absolute Gasteiger partial charge is 0.258 e. The summed E-state index contributed by atoms with van der Waals surface area (Å²) in [6, 6.07) is 11.5. The highest BCUT2D eigenvalue weighted by Gasteiger charge is 2.18. The predicted octanol–water partition coefficient (Wildman–Crippen LogP) is 5.49. The second-order valence-electron chi connectivity index (χ2n) is 9.84. The van der Waals surface area contributed by atoms with Crippen molar-refractivity contribution in [3.05, 3.63) is 69.2 Å². The highest BCUT2D eigenvalue weighted by atomic mass is 35.5. The molecule has 2 N–H and O–H groups in total. The van der Waals surface area contributed by atoms with Crippen LogP contribution in [0.4, 0.5) is 5.69 Å². The van der Waals surface area contributed by atoms with E-state index in [2.05, 4.69) is 16.7 Å². The maximum atomic E-state index is 12.5. The molecule has 2 heterocycles. The molecule has 0 bridgehead atoms. The number of benzene rings is 2. The van der Waals surface area contributed by atoms with Gasteiger partial charge in [-0.15, -0.1) is 0 Å². The Kier molecular flexibility index (Phi) is 8.35. The van der Waals surface area contributed by atoms with Gasteiger partial charge in [-0.05, 0) is 99.0 Å². The Hall–Kier alpha value is -3.29. The molecule has 0 spiro atoms. The predicted molar refractivity (Wildman–Crippen MR) is 155 cm³/mol. The molecule has 1 aliphatic rings. The molecule has 0 saturated heterocycles. The van der Waals surface area contributed by atoms with Crippen molar-refractivity contribution < 1.29 is 9.47 Å². The minimum Gasteiger partial charge on any atom is -0.493 e. The molecule has 1 aliphatic carbocycles. The number of fused-ring (bicyclic) bond motifs is 3. The molecule has 0 unspecified atom stereocenters. The van der Waals surface area contributed by atoms with Crippen molar-refractivity contribution in [3.8, 4) is 11.5 Å². The number of anilines is 1. The van der Waals surface area contributed by atoms with Gasteiger partial charge in [-0.1, -0.05) is 11.6 Å². The molecule has 0 fully saturated rings. The number of nitrogens with one attached hydrogen (secondary N) is 2.